The highest BCUT2D eigenvalue weighted by atomic mass is 28.3. The Morgan fingerprint density at radius 1 is 0.562 bits per heavy atom. The van der Waals surface area contributed by atoms with E-state index in [-0.39, 0.29) is 10.8 Å². The zero-order chi connectivity index (χ0) is 44.4. The van der Waals surface area contributed by atoms with Gasteiger partial charge in [-0.1, -0.05) is 181 Å². The highest BCUT2D eigenvalue weighted by Crippen LogP contribution is 2.37. The summed E-state index contributed by atoms with van der Waals surface area (Å²) in [5.41, 5.74) is 11.3. The van der Waals surface area contributed by atoms with E-state index in [9.17, 15) is 0 Å². The van der Waals surface area contributed by atoms with Crippen LogP contribution in [0.4, 0.5) is 0 Å². The van der Waals surface area contributed by atoms with Crippen molar-refractivity contribution in [2.45, 2.75) is 65.5 Å². The van der Waals surface area contributed by atoms with E-state index in [0.717, 1.165) is 50.5 Å². The number of ether oxygens (including phenoxy) is 1. The first kappa shape index (κ1) is 41.0. The van der Waals surface area contributed by atoms with Crippen molar-refractivity contribution in [2.24, 2.45) is 0 Å². The Bertz CT molecular complexity index is 3360. The maximum atomic E-state index is 6.78. The number of benzene rings is 7. The van der Waals surface area contributed by atoms with Crippen LogP contribution in [-0.2, 0) is 10.8 Å². The van der Waals surface area contributed by atoms with Crippen LogP contribution < -0.4 is 19.7 Å². The average Bonchev–Trinajstić information content (AvgIpc) is 3.85. The summed E-state index contributed by atoms with van der Waals surface area (Å²) in [7, 11) is -2.25. The lowest BCUT2D eigenvalue weighted by Crippen LogP contribution is -2.57. The van der Waals surface area contributed by atoms with E-state index in [4.69, 9.17) is 9.72 Å². The number of pyridine rings is 1. The number of hydrogen-bond acceptors (Lipinski definition) is 2. The van der Waals surface area contributed by atoms with Crippen molar-refractivity contribution >= 4 is 51.3 Å². The number of fused-ring (bicyclic) bond motifs is 4. The van der Waals surface area contributed by atoms with Gasteiger partial charge in [-0.05, 0) is 86.8 Å². The number of hydrogen-bond donors (Lipinski definition) is 0. The Balaban J connectivity index is 1.10. The second kappa shape index (κ2) is 15.6. The van der Waals surface area contributed by atoms with Gasteiger partial charge >= 0.3 is 0 Å². The lowest BCUT2D eigenvalue weighted by Gasteiger charge is -2.29. The Morgan fingerprint density at radius 2 is 1.23 bits per heavy atom. The van der Waals surface area contributed by atoms with Gasteiger partial charge in [-0.2, -0.15) is 0 Å². The molecule has 3 aromatic heterocycles. The summed E-state index contributed by atoms with van der Waals surface area (Å²) in [6, 6.07) is 63.2. The molecule has 0 atom stereocenters. The largest absolute Gasteiger partial charge is 0.458 e. The molecule has 0 saturated heterocycles. The second-order valence-electron chi connectivity index (χ2n) is 19.6. The molecule has 3 heterocycles. The van der Waals surface area contributed by atoms with Crippen LogP contribution in [0, 0.1) is 6.33 Å². The van der Waals surface area contributed by atoms with Crippen molar-refractivity contribution < 1.29 is 9.30 Å². The maximum Gasteiger partial charge on any atom is 0.269 e. The topological polar surface area (TPSA) is 35.9 Å². The van der Waals surface area contributed by atoms with Crippen LogP contribution in [0.3, 0.4) is 0 Å². The molecule has 0 spiro atoms. The maximum absolute atomic E-state index is 6.78. The first-order chi connectivity index (χ1) is 30.8. The van der Waals surface area contributed by atoms with E-state index in [0.29, 0.717) is 0 Å². The van der Waals surface area contributed by atoms with Gasteiger partial charge in [0.2, 0.25) is 0 Å². The van der Waals surface area contributed by atoms with E-state index >= 15 is 0 Å². The minimum absolute atomic E-state index is 0.00759. The minimum Gasteiger partial charge on any atom is -0.458 e. The van der Waals surface area contributed by atoms with Crippen molar-refractivity contribution in [3.63, 3.8) is 0 Å². The fraction of sp³-hybridized carbons (Fsp3) is 0.172. The van der Waals surface area contributed by atoms with Crippen LogP contribution in [0.15, 0.2) is 182 Å². The Labute approximate surface area is 377 Å². The molecule has 10 rings (SSSR count). The molecule has 64 heavy (non-hydrogen) atoms. The molecule has 6 heteroatoms. The first-order valence-corrected chi connectivity index (χ1v) is 25.3. The SMILES string of the molecule is CC(C)(C)c1cccc(-c2cccc([Si](C)(C)c3ccccc3)c2-[n+]2[c-]n(-c3cccc(Oc4ccc5c6ccccc6n(-c6cc(C(C)(C)C)ccn6)c5c4)c3)c3ccccc32)c1. The third-order valence-electron chi connectivity index (χ3n) is 12.8. The highest BCUT2D eigenvalue weighted by molar-refractivity contribution is 7.01. The summed E-state index contributed by atoms with van der Waals surface area (Å²) >= 11 is 0. The lowest BCUT2D eigenvalue weighted by molar-refractivity contribution is -0.570. The summed E-state index contributed by atoms with van der Waals surface area (Å²) in [6.07, 6.45) is 5.82. The van der Waals surface area contributed by atoms with Gasteiger partial charge in [0.25, 0.3) is 6.33 Å². The van der Waals surface area contributed by atoms with Crippen LogP contribution in [0.1, 0.15) is 52.7 Å². The number of para-hydroxylation sites is 4. The molecule has 0 amide bonds. The first-order valence-electron chi connectivity index (χ1n) is 22.3. The molecule has 0 saturated carbocycles. The number of rotatable bonds is 8. The molecule has 10 aromatic rings. The van der Waals surface area contributed by atoms with Crippen LogP contribution >= 0.6 is 0 Å². The fourth-order valence-electron chi connectivity index (χ4n) is 9.19. The third-order valence-corrected chi connectivity index (χ3v) is 16.4. The zero-order valence-electron chi connectivity index (χ0n) is 38.0. The van der Waals surface area contributed by atoms with Crippen molar-refractivity contribution in [1.82, 2.24) is 14.1 Å². The van der Waals surface area contributed by atoms with E-state index in [1.807, 2.05) is 12.3 Å². The molecule has 0 fully saturated rings. The summed E-state index contributed by atoms with van der Waals surface area (Å²) in [5.74, 6) is 2.38. The predicted octanol–water partition coefficient (Wildman–Crippen LogP) is 13.1. The molecule has 0 radical (unpaired) electrons. The molecule has 0 aliphatic heterocycles. The molecule has 0 bridgehead atoms. The van der Waals surface area contributed by atoms with Crippen molar-refractivity contribution in [1.29, 1.82) is 0 Å². The van der Waals surface area contributed by atoms with E-state index in [1.54, 1.807) is 0 Å². The van der Waals surface area contributed by atoms with Gasteiger partial charge in [0.1, 0.15) is 25.4 Å². The smallest absolute Gasteiger partial charge is 0.269 e. The van der Waals surface area contributed by atoms with E-state index in [1.165, 1.54) is 43.7 Å². The second-order valence-corrected chi connectivity index (χ2v) is 23.9. The van der Waals surface area contributed by atoms with E-state index in [2.05, 4.69) is 245 Å². The van der Waals surface area contributed by atoms with Gasteiger partial charge in [0.05, 0.1) is 33.4 Å². The van der Waals surface area contributed by atoms with Crippen molar-refractivity contribution in [3.05, 3.63) is 200 Å². The van der Waals surface area contributed by atoms with Crippen LogP contribution in [0.5, 0.6) is 11.5 Å². The van der Waals surface area contributed by atoms with E-state index < -0.39 is 8.07 Å². The molecule has 0 aliphatic carbocycles. The Morgan fingerprint density at radius 3 is 2.03 bits per heavy atom. The third kappa shape index (κ3) is 7.31. The summed E-state index contributed by atoms with van der Waals surface area (Å²) in [5, 5.41) is 5.07. The normalized spacial score (nSPS) is 12.4. The number of imidazole rings is 1. The van der Waals surface area contributed by atoms with Crippen LogP contribution in [-0.4, -0.2) is 22.2 Å². The Hall–Kier alpha value is -7.02. The number of nitrogens with zero attached hydrogens (tertiary/aromatic N) is 4. The molecular formula is C58H54N4OSi. The Kier molecular flexibility index (Phi) is 10.0. The fourth-order valence-corrected chi connectivity index (χ4v) is 11.9. The molecule has 5 nitrogen and oxygen atoms in total. The van der Waals surface area contributed by atoms with Crippen LogP contribution in [0.2, 0.25) is 13.1 Å². The van der Waals surface area contributed by atoms with Gasteiger partial charge in [-0.15, -0.1) is 0 Å². The quantitative estimate of drug-likeness (QED) is 0.0867. The molecule has 0 aliphatic rings. The van der Waals surface area contributed by atoms with Crippen molar-refractivity contribution in [2.75, 3.05) is 0 Å². The van der Waals surface area contributed by atoms with Crippen LogP contribution in [0.25, 0.3) is 61.2 Å². The highest BCUT2D eigenvalue weighted by Gasteiger charge is 2.32. The van der Waals surface area contributed by atoms with Gasteiger partial charge in [0, 0.05) is 23.0 Å². The standard InChI is InChI=1S/C58H54N4OSi/c1-57(2,3)41-20-16-19-40(35-41)47-26-18-30-54(64(7,8)46-23-10-9-11-24-46)56(47)61-39-60(51-28-14-15-29-52(51)61)43-21-17-22-44(37-43)63-45-31-32-49-48-25-12-13-27-50(48)62(53(49)38-45)55-36-42(33-34-59-55)58(4,5)6/h9-38H,1-8H3. The monoisotopic (exact) mass is 850 g/mol. The molecule has 7 aromatic carbocycles. The minimum atomic E-state index is -2.25. The van der Waals surface area contributed by atoms with Gasteiger partial charge in [-0.3, -0.25) is 13.7 Å². The molecule has 0 unspecified atom stereocenters. The van der Waals surface area contributed by atoms with Gasteiger partial charge in [0.15, 0.2) is 0 Å². The molecule has 0 N–H and O–H groups in total. The number of aromatic nitrogens is 4. The van der Waals surface area contributed by atoms with Gasteiger partial charge < -0.3 is 4.74 Å². The summed E-state index contributed by atoms with van der Waals surface area (Å²) in [6.45, 7) is 18.5. The average molecular weight is 851 g/mol. The predicted molar refractivity (Wildman–Crippen MR) is 268 cm³/mol. The summed E-state index contributed by atoms with van der Waals surface area (Å²) in [4.78, 5) is 4.89. The molecular weight excluding hydrogens is 797 g/mol. The van der Waals surface area contributed by atoms with Gasteiger partial charge in [-0.25, -0.2) is 4.98 Å². The summed E-state index contributed by atoms with van der Waals surface area (Å²) < 4.78 is 13.5. The molecule has 316 valence electrons. The lowest BCUT2D eigenvalue weighted by atomic mass is 9.85. The zero-order valence-corrected chi connectivity index (χ0v) is 39.0. The van der Waals surface area contributed by atoms with Crippen molar-refractivity contribution in [3.8, 4) is 39.8 Å².